The number of hydrogen-bond donors (Lipinski definition) is 2. The highest BCUT2D eigenvalue weighted by molar-refractivity contribution is 5.73. The molecule has 1 rings (SSSR count). The standard InChI is InChI=1S/C10H11F3N2O4/c1-18-8(16)2-6-9(17)5(3-14)7(4-15-6)19-10(11,12)13/h4,17H,2-3,14H2,1H3. The van der Waals surface area contributed by atoms with Crippen molar-refractivity contribution in [2.24, 2.45) is 5.73 Å². The molecule has 0 aliphatic carbocycles. The number of rotatable bonds is 4. The van der Waals surface area contributed by atoms with Gasteiger partial charge >= 0.3 is 12.3 Å². The molecule has 1 aromatic heterocycles. The van der Waals surface area contributed by atoms with E-state index in [9.17, 15) is 23.1 Å². The Bertz CT molecular complexity index is 477. The summed E-state index contributed by atoms with van der Waals surface area (Å²) in [5.41, 5.74) is 4.83. The number of pyridine rings is 1. The Morgan fingerprint density at radius 1 is 1.53 bits per heavy atom. The van der Waals surface area contributed by atoms with Crippen LogP contribution in [0.1, 0.15) is 11.3 Å². The summed E-state index contributed by atoms with van der Waals surface area (Å²) in [6, 6.07) is 0. The van der Waals surface area contributed by atoms with Crippen LogP contribution in [-0.4, -0.2) is 29.5 Å². The Labute approximate surface area is 105 Å². The third kappa shape index (κ3) is 3.98. The minimum Gasteiger partial charge on any atom is -0.506 e. The van der Waals surface area contributed by atoms with E-state index in [-0.39, 0.29) is 17.7 Å². The average molecular weight is 280 g/mol. The van der Waals surface area contributed by atoms with Gasteiger partial charge in [0.1, 0.15) is 5.75 Å². The molecule has 1 heterocycles. The highest BCUT2D eigenvalue weighted by Gasteiger charge is 2.33. The number of nitrogens with zero attached hydrogens (tertiary/aromatic N) is 1. The number of esters is 1. The Morgan fingerprint density at radius 3 is 2.63 bits per heavy atom. The van der Waals surface area contributed by atoms with E-state index in [0.717, 1.165) is 13.3 Å². The van der Waals surface area contributed by atoms with E-state index >= 15 is 0 Å². The van der Waals surface area contributed by atoms with Gasteiger partial charge in [0.05, 0.1) is 31.0 Å². The summed E-state index contributed by atoms with van der Waals surface area (Å²) < 4.78 is 44.4. The van der Waals surface area contributed by atoms with Crippen molar-refractivity contribution in [1.82, 2.24) is 4.98 Å². The van der Waals surface area contributed by atoms with Crippen LogP contribution in [0, 0.1) is 0 Å². The van der Waals surface area contributed by atoms with Crippen molar-refractivity contribution >= 4 is 5.97 Å². The fraction of sp³-hybridized carbons (Fsp3) is 0.400. The lowest BCUT2D eigenvalue weighted by atomic mass is 10.1. The number of carbonyl (C=O) groups is 1. The zero-order valence-corrected chi connectivity index (χ0v) is 9.82. The SMILES string of the molecule is COC(=O)Cc1ncc(OC(F)(F)F)c(CN)c1O. The summed E-state index contributed by atoms with van der Waals surface area (Å²) in [4.78, 5) is 14.6. The second kappa shape index (κ2) is 5.74. The minimum absolute atomic E-state index is 0.137. The van der Waals surface area contributed by atoms with E-state index in [1.807, 2.05) is 0 Å². The highest BCUT2D eigenvalue weighted by Crippen LogP contribution is 2.33. The van der Waals surface area contributed by atoms with Crippen molar-refractivity contribution in [3.63, 3.8) is 0 Å². The number of ether oxygens (including phenoxy) is 2. The van der Waals surface area contributed by atoms with Crippen LogP contribution in [0.2, 0.25) is 0 Å². The lowest BCUT2D eigenvalue weighted by Gasteiger charge is -2.14. The first-order chi connectivity index (χ1) is 8.78. The normalized spacial score (nSPS) is 11.2. The fourth-order valence-corrected chi connectivity index (χ4v) is 1.31. The summed E-state index contributed by atoms with van der Waals surface area (Å²) in [6.07, 6.45) is -4.57. The molecule has 0 aliphatic heterocycles. The summed E-state index contributed by atoms with van der Waals surface area (Å²) in [5, 5.41) is 9.71. The molecule has 106 valence electrons. The van der Waals surface area contributed by atoms with Crippen molar-refractivity contribution in [1.29, 1.82) is 0 Å². The van der Waals surface area contributed by atoms with Gasteiger partial charge in [-0.25, -0.2) is 0 Å². The van der Waals surface area contributed by atoms with E-state index in [1.165, 1.54) is 0 Å². The maximum atomic E-state index is 12.1. The summed E-state index contributed by atoms with van der Waals surface area (Å²) in [5.74, 6) is -2.02. The molecule has 9 heteroatoms. The molecule has 0 fully saturated rings. The van der Waals surface area contributed by atoms with Crippen LogP contribution in [0.3, 0.4) is 0 Å². The topological polar surface area (TPSA) is 94.7 Å². The lowest BCUT2D eigenvalue weighted by Crippen LogP contribution is -2.19. The molecule has 0 radical (unpaired) electrons. The molecular weight excluding hydrogens is 269 g/mol. The van der Waals surface area contributed by atoms with E-state index in [2.05, 4.69) is 14.5 Å². The Balaban J connectivity index is 3.12. The number of hydrogen-bond acceptors (Lipinski definition) is 6. The monoisotopic (exact) mass is 280 g/mol. The van der Waals surface area contributed by atoms with Gasteiger partial charge in [-0.05, 0) is 0 Å². The van der Waals surface area contributed by atoms with Crippen molar-refractivity contribution in [2.75, 3.05) is 7.11 Å². The van der Waals surface area contributed by atoms with E-state index in [4.69, 9.17) is 5.73 Å². The minimum atomic E-state index is -4.93. The zero-order chi connectivity index (χ0) is 14.6. The largest absolute Gasteiger partial charge is 0.573 e. The number of nitrogens with two attached hydrogens (primary N) is 1. The van der Waals surface area contributed by atoms with E-state index in [1.54, 1.807) is 0 Å². The third-order valence-corrected chi connectivity index (χ3v) is 2.16. The molecule has 0 aliphatic rings. The molecule has 0 spiro atoms. The first-order valence-corrected chi connectivity index (χ1v) is 5.00. The average Bonchev–Trinajstić information content (AvgIpc) is 2.31. The van der Waals surface area contributed by atoms with E-state index in [0.29, 0.717) is 0 Å². The molecule has 1 aromatic rings. The van der Waals surface area contributed by atoms with Crippen LogP contribution in [0.25, 0.3) is 0 Å². The van der Waals surface area contributed by atoms with E-state index < -0.39 is 30.4 Å². The van der Waals surface area contributed by atoms with Crippen LogP contribution >= 0.6 is 0 Å². The van der Waals surface area contributed by atoms with Crippen LogP contribution in [0.5, 0.6) is 11.5 Å². The predicted molar refractivity (Wildman–Crippen MR) is 56.2 cm³/mol. The van der Waals surface area contributed by atoms with Gasteiger partial charge < -0.3 is 20.3 Å². The third-order valence-electron chi connectivity index (χ3n) is 2.16. The number of alkyl halides is 3. The summed E-state index contributed by atoms with van der Waals surface area (Å²) in [6.45, 7) is -0.409. The number of aromatic hydroxyl groups is 1. The molecular formula is C10H11F3N2O4. The predicted octanol–water partition coefficient (Wildman–Crippen LogP) is 0.860. The van der Waals surface area contributed by atoms with Gasteiger partial charge in [0.15, 0.2) is 5.75 Å². The second-order valence-corrected chi connectivity index (χ2v) is 3.40. The molecule has 19 heavy (non-hydrogen) atoms. The maximum absolute atomic E-state index is 12.1. The molecule has 0 saturated carbocycles. The van der Waals surface area contributed by atoms with Crippen LogP contribution in [-0.2, 0) is 22.5 Å². The molecule has 0 aromatic carbocycles. The number of halogens is 3. The fourth-order valence-electron chi connectivity index (χ4n) is 1.31. The van der Waals surface area contributed by atoms with Gasteiger partial charge in [-0.1, -0.05) is 0 Å². The first-order valence-electron chi connectivity index (χ1n) is 5.00. The number of aromatic nitrogens is 1. The summed E-state index contributed by atoms with van der Waals surface area (Å²) in [7, 11) is 1.13. The van der Waals surface area contributed by atoms with Crippen molar-refractivity contribution in [3.05, 3.63) is 17.5 Å². The quantitative estimate of drug-likeness (QED) is 0.794. The number of carbonyl (C=O) groups excluding carboxylic acids is 1. The molecule has 0 unspecified atom stereocenters. The number of methoxy groups -OCH3 is 1. The molecule has 0 saturated heterocycles. The molecule has 6 nitrogen and oxygen atoms in total. The summed E-state index contributed by atoms with van der Waals surface area (Å²) >= 11 is 0. The van der Waals surface area contributed by atoms with Gasteiger partial charge in [0.2, 0.25) is 0 Å². The highest BCUT2D eigenvalue weighted by atomic mass is 19.4. The van der Waals surface area contributed by atoms with Crippen molar-refractivity contribution in [2.45, 2.75) is 19.3 Å². The van der Waals surface area contributed by atoms with Crippen LogP contribution in [0.15, 0.2) is 6.20 Å². The van der Waals surface area contributed by atoms with Gasteiger partial charge in [-0.3, -0.25) is 9.78 Å². The van der Waals surface area contributed by atoms with Crippen molar-refractivity contribution < 1.29 is 32.5 Å². The van der Waals surface area contributed by atoms with Crippen LogP contribution in [0.4, 0.5) is 13.2 Å². The maximum Gasteiger partial charge on any atom is 0.573 e. The molecule has 0 amide bonds. The smallest absolute Gasteiger partial charge is 0.506 e. The van der Waals surface area contributed by atoms with Gasteiger partial charge in [-0.15, -0.1) is 13.2 Å². The lowest BCUT2D eigenvalue weighted by molar-refractivity contribution is -0.275. The Hall–Kier alpha value is -2.03. The van der Waals surface area contributed by atoms with Gasteiger partial charge in [0.25, 0.3) is 0 Å². The zero-order valence-electron chi connectivity index (χ0n) is 9.82. The Kier molecular flexibility index (Phi) is 4.54. The second-order valence-electron chi connectivity index (χ2n) is 3.40. The van der Waals surface area contributed by atoms with Crippen LogP contribution < -0.4 is 10.5 Å². The molecule has 3 N–H and O–H groups in total. The Morgan fingerprint density at radius 2 is 2.16 bits per heavy atom. The first kappa shape index (κ1) is 15.0. The van der Waals surface area contributed by atoms with Gasteiger partial charge in [-0.2, -0.15) is 0 Å². The van der Waals surface area contributed by atoms with Crippen molar-refractivity contribution in [3.8, 4) is 11.5 Å². The van der Waals surface area contributed by atoms with Gasteiger partial charge in [0, 0.05) is 6.54 Å². The molecule has 0 bridgehead atoms. The molecule has 0 atom stereocenters.